The summed E-state index contributed by atoms with van der Waals surface area (Å²) in [6.45, 7) is 7.49. The standard InChI is InChI=1S/C25H36N2O5S/c1-24(2,3)27-14-10-12-25-19(18-17(33-25)11-6-9-16-32-23(18)31)21(29)26(20(25)22(27)30)13-7-4-5-8-15-28/h6,10-12,17-20,28H,4-5,7-9,13-16H2,1-3H3/t17-,18+,19+,20?,25+/m1/s1. The molecule has 0 aromatic carbocycles. The number of aliphatic hydroxyl groups is 1. The summed E-state index contributed by atoms with van der Waals surface area (Å²) in [6, 6.07) is -0.634. The highest BCUT2D eigenvalue weighted by Crippen LogP contribution is 2.61. The van der Waals surface area contributed by atoms with Crippen LogP contribution in [0.25, 0.3) is 0 Å². The lowest BCUT2D eigenvalue weighted by atomic mass is 9.78. The Hall–Kier alpha value is -1.80. The van der Waals surface area contributed by atoms with E-state index in [0.717, 1.165) is 25.7 Å². The van der Waals surface area contributed by atoms with Crippen molar-refractivity contribution in [3.63, 3.8) is 0 Å². The summed E-state index contributed by atoms with van der Waals surface area (Å²) < 4.78 is 4.73. The third-order valence-corrected chi connectivity index (χ3v) is 8.98. The lowest BCUT2D eigenvalue weighted by molar-refractivity contribution is -0.153. The second-order valence-electron chi connectivity index (χ2n) is 10.4. The number of likely N-dealkylation sites (tertiary alicyclic amines) is 1. The van der Waals surface area contributed by atoms with E-state index in [1.165, 1.54) is 0 Å². The summed E-state index contributed by atoms with van der Waals surface area (Å²) >= 11 is 1.59. The number of carbonyl (C=O) groups is 3. The first-order valence-corrected chi connectivity index (χ1v) is 13.0. The largest absolute Gasteiger partial charge is 0.465 e. The molecule has 4 heterocycles. The predicted octanol–water partition coefficient (Wildman–Crippen LogP) is 2.54. The lowest BCUT2D eigenvalue weighted by Gasteiger charge is -2.40. The smallest absolute Gasteiger partial charge is 0.311 e. The molecule has 2 amide bonds. The molecule has 5 atom stereocenters. The number of carbonyl (C=O) groups excluding carboxylic acids is 3. The number of unbranched alkanes of at least 4 members (excludes halogenated alkanes) is 3. The van der Waals surface area contributed by atoms with E-state index >= 15 is 0 Å². The summed E-state index contributed by atoms with van der Waals surface area (Å²) in [5, 5.41) is 8.88. The minimum atomic E-state index is -0.775. The van der Waals surface area contributed by atoms with Gasteiger partial charge in [-0.1, -0.05) is 37.1 Å². The number of rotatable bonds is 6. The maximum absolute atomic E-state index is 14.0. The molecule has 0 aromatic rings. The van der Waals surface area contributed by atoms with Gasteiger partial charge in [0.15, 0.2) is 0 Å². The fourth-order valence-corrected chi connectivity index (χ4v) is 7.70. The Balaban J connectivity index is 1.73. The molecule has 4 aliphatic rings. The van der Waals surface area contributed by atoms with Gasteiger partial charge in [0, 0.05) is 30.5 Å². The van der Waals surface area contributed by atoms with Crippen molar-refractivity contribution in [2.24, 2.45) is 11.8 Å². The van der Waals surface area contributed by atoms with E-state index in [4.69, 9.17) is 9.84 Å². The van der Waals surface area contributed by atoms with Crippen LogP contribution in [-0.2, 0) is 19.1 Å². The van der Waals surface area contributed by atoms with E-state index < -0.39 is 22.6 Å². The van der Waals surface area contributed by atoms with E-state index in [9.17, 15) is 14.4 Å². The molecule has 0 bridgehead atoms. The van der Waals surface area contributed by atoms with Crippen molar-refractivity contribution < 1.29 is 24.2 Å². The highest BCUT2D eigenvalue weighted by Gasteiger charge is 2.71. The number of nitrogens with zero attached hydrogens (tertiary/aromatic N) is 2. The van der Waals surface area contributed by atoms with Crippen molar-refractivity contribution in [2.45, 2.75) is 74.5 Å². The Morgan fingerprint density at radius 2 is 1.88 bits per heavy atom. The quantitative estimate of drug-likeness (QED) is 0.360. The lowest BCUT2D eigenvalue weighted by Crippen LogP contribution is -2.57. The molecule has 0 saturated carbocycles. The van der Waals surface area contributed by atoms with Crippen molar-refractivity contribution in [2.75, 3.05) is 26.3 Å². The van der Waals surface area contributed by atoms with Gasteiger partial charge in [-0.3, -0.25) is 14.4 Å². The first kappa shape index (κ1) is 24.3. The molecule has 0 aliphatic carbocycles. The number of cyclic esters (lactones) is 1. The molecular formula is C25H36N2O5S. The number of hydrogen-bond acceptors (Lipinski definition) is 6. The average molecular weight is 477 g/mol. The highest BCUT2D eigenvalue weighted by atomic mass is 32.2. The van der Waals surface area contributed by atoms with Crippen LogP contribution in [0.5, 0.6) is 0 Å². The molecule has 8 heteroatoms. The maximum atomic E-state index is 14.0. The third kappa shape index (κ3) is 4.25. The number of thioether (sulfide) groups is 1. The molecule has 2 saturated heterocycles. The SMILES string of the molecule is CC(C)(C)N1CC=C[C@]23S[C@@H]4C=CCCOC(=O)[C@@H]4[C@H]2C(=O)N(CCCCCCO)C3C1=O. The van der Waals surface area contributed by atoms with Crippen LogP contribution in [0.1, 0.15) is 52.9 Å². The molecule has 1 spiro atoms. The molecule has 7 nitrogen and oxygen atoms in total. The van der Waals surface area contributed by atoms with E-state index in [1.807, 2.05) is 50.0 Å². The monoisotopic (exact) mass is 476 g/mol. The van der Waals surface area contributed by atoms with Gasteiger partial charge in [-0.05, 0) is 40.0 Å². The molecule has 1 unspecified atom stereocenters. The van der Waals surface area contributed by atoms with Gasteiger partial charge in [0.2, 0.25) is 11.8 Å². The van der Waals surface area contributed by atoms with Crippen LogP contribution in [-0.4, -0.2) is 80.6 Å². The van der Waals surface area contributed by atoms with Crippen LogP contribution >= 0.6 is 11.8 Å². The number of amides is 2. The minimum absolute atomic E-state index is 0.0437. The number of ether oxygens (including phenoxy) is 1. The Morgan fingerprint density at radius 3 is 2.61 bits per heavy atom. The summed E-state index contributed by atoms with van der Waals surface area (Å²) in [6.07, 6.45) is 12.1. The molecule has 1 N–H and O–H groups in total. The highest BCUT2D eigenvalue weighted by molar-refractivity contribution is 8.02. The first-order chi connectivity index (χ1) is 15.7. The first-order valence-electron chi connectivity index (χ1n) is 12.1. The normalized spacial score (nSPS) is 33.9. The van der Waals surface area contributed by atoms with Crippen LogP contribution in [0.15, 0.2) is 24.3 Å². The van der Waals surface area contributed by atoms with E-state index in [1.54, 1.807) is 16.7 Å². The Bertz CT molecular complexity index is 850. The van der Waals surface area contributed by atoms with Crippen LogP contribution in [0.2, 0.25) is 0 Å². The number of hydrogen-bond donors (Lipinski definition) is 1. The van der Waals surface area contributed by atoms with Gasteiger partial charge in [-0.2, -0.15) is 0 Å². The summed E-state index contributed by atoms with van der Waals surface area (Å²) in [4.78, 5) is 44.6. The summed E-state index contributed by atoms with van der Waals surface area (Å²) in [7, 11) is 0. The molecule has 182 valence electrons. The van der Waals surface area contributed by atoms with Crippen molar-refractivity contribution in [1.29, 1.82) is 0 Å². The molecule has 0 aromatic heterocycles. The van der Waals surface area contributed by atoms with Crippen molar-refractivity contribution in [3.8, 4) is 0 Å². The molecule has 4 aliphatic heterocycles. The van der Waals surface area contributed by atoms with Crippen molar-refractivity contribution >= 4 is 29.5 Å². The summed E-state index contributed by atoms with van der Waals surface area (Å²) in [5.74, 6) is -1.67. The van der Waals surface area contributed by atoms with Crippen LogP contribution in [0.4, 0.5) is 0 Å². The molecule has 33 heavy (non-hydrogen) atoms. The molecule has 2 fully saturated rings. The zero-order chi connectivity index (χ0) is 23.8. The van der Waals surface area contributed by atoms with Gasteiger partial charge in [0.05, 0.1) is 23.2 Å². The van der Waals surface area contributed by atoms with Gasteiger partial charge in [0.25, 0.3) is 0 Å². The third-order valence-electron chi connectivity index (χ3n) is 7.24. The van der Waals surface area contributed by atoms with E-state index in [-0.39, 0.29) is 35.2 Å². The summed E-state index contributed by atoms with van der Waals surface area (Å²) in [5.41, 5.74) is -0.384. The molecular weight excluding hydrogens is 440 g/mol. The Morgan fingerprint density at radius 1 is 1.12 bits per heavy atom. The van der Waals surface area contributed by atoms with Crippen LogP contribution in [0, 0.1) is 11.8 Å². The van der Waals surface area contributed by atoms with Gasteiger partial charge in [-0.25, -0.2) is 0 Å². The second kappa shape index (κ2) is 9.45. The topological polar surface area (TPSA) is 87.2 Å². The van der Waals surface area contributed by atoms with E-state index in [2.05, 4.69) is 0 Å². The van der Waals surface area contributed by atoms with Crippen molar-refractivity contribution in [3.05, 3.63) is 24.3 Å². The minimum Gasteiger partial charge on any atom is -0.465 e. The van der Waals surface area contributed by atoms with Crippen molar-refractivity contribution in [1.82, 2.24) is 9.80 Å². The Labute approximate surface area is 200 Å². The van der Waals surface area contributed by atoms with Crippen LogP contribution in [0.3, 0.4) is 0 Å². The van der Waals surface area contributed by atoms with E-state index in [0.29, 0.717) is 26.1 Å². The zero-order valence-corrected chi connectivity index (χ0v) is 20.7. The van der Waals surface area contributed by atoms with Crippen LogP contribution < -0.4 is 0 Å². The maximum Gasteiger partial charge on any atom is 0.311 e. The predicted molar refractivity (Wildman–Crippen MR) is 127 cm³/mol. The number of aliphatic hydroxyl groups excluding tert-OH is 1. The fourth-order valence-electron chi connectivity index (χ4n) is 5.70. The zero-order valence-electron chi connectivity index (χ0n) is 19.9. The number of fused-ring (bicyclic) bond motifs is 2. The number of esters is 1. The molecule has 0 radical (unpaired) electrons. The van der Waals surface area contributed by atoms with Gasteiger partial charge in [-0.15, -0.1) is 11.8 Å². The molecule has 4 rings (SSSR count). The van der Waals surface area contributed by atoms with Gasteiger partial charge in [0.1, 0.15) is 6.04 Å². The Kier molecular flexibility index (Phi) is 6.97. The van der Waals surface area contributed by atoms with Gasteiger partial charge < -0.3 is 19.6 Å². The van der Waals surface area contributed by atoms with Gasteiger partial charge >= 0.3 is 5.97 Å². The average Bonchev–Trinajstić information content (AvgIpc) is 3.10. The second-order valence-corrected chi connectivity index (χ2v) is 11.9. The fraction of sp³-hybridized carbons (Fsp3) is 0.720.